The van der Waals surface area contributed by atoms with E-state index in [9.17, 15) is 13.6 Å². The SMILES string of the molecule is O=C(O)c1cc(F)c(C=CCCO)c(F)c1. The van der Waals surface area contributed by atoms with Crippen LogP contribution in [0, 0.1) is 11.6 Å². The van der Waals surface area contributed by atoms with Gasteiger partial charge in [0.25, 0.3) is 0 Å². The lowest BCUT2D eigenvalue weighted by Gasteiger charge is -2.01. The molecule has 16 heavy (non-hydrogen) atoms. The van der Waals surface area contributed by atoms with Crippen molar-refractivity contribution in [2.75, 3.05) is 6.61 Å². The summed E-state index contributed by atoms with van der Waals surface area (Å²) in [6.45, 7) is -0.118. The lowest BCUT2D eigenvalue weighted by Crippen LogP contribution is -2.00. The number of hydrogen-bond acceptors (Lipinski definition) is 2. The molecule has 1 rings (SSSR count). The van der Waals surface area contributed by atoms with E-state index in [0.29, 0.717) is 0 Å². The maximum atomic E-state index is 13.3. The topological polar surface area (TPSA) is 57.5 Å². The highest BCUT2D eigenvalue weighted by Crippen LogP contribution is 2.17. The first-order valence-electron chi connectivity index (χ1n) is 4.56. The van der Waals surface area contributed by atoms with E-state index in [-0.39, 0.29) is 18.6 Å². The third-order valence-corrected chi connectivity index (χ3v) is 1.91. The molecule has 3 nitrogen and oxygen atoms in total. The first-order valence-corrected chi connectivity index (χ1v) is 4.56. The molecular weight excluding hydrogens is 218 g/mol. The molecule has 2 N–H and O–H groups in total. The van der Waals surface area contributed by atoms with Gasteiger partial charge in [0.1, 0.15) is 11.6 Å². The maximum absolute atomic E-state index is 13.3. The average Bonchev–Trinajstić information content (AvgIpc) is 2.21. The van der Waals surface area contributed by atoms with Gasteiger partial charge in [-0.3, -0.25) is 0 Å². The average molecular weight is 228 g/mol. The highest BCUT2D eigenvalue weighted by molar-refractivity contribution is 5.88. The fourth-order valence-electron chi connectivity index (χ4n) is 1.14. The van der Waals surface area contributed by atoms with E-state index in [4.69, 9.17) is 10.2 Å². The molecule has 0 saturated heterocycles. The van der Waals surface area contributed by atoms with Crippen molar-refractivity contribution in [3.05, 3.63) is 41.0 Å². The Morgan fingerprint density at radius 2 is 1.88 bits per heavy atom. The summed E-state index contributed by atoms with van der Waals surface area (Å²) in [5.74, 6) is -3.26. The molecule has 0 heterocycles. The quantitative estimate of drug-likeness (QED) is 0.829. The van der Waals surface area contributed by atoms with E-state index in [1.165, 1.54) is 12.2 Å². The molecule has 0 aromatic heterocycles. The smallest absolute Gasteiger partial charge is 0.335 e. The minimum atomic E-state index is -1.39. The molecule has 0 fully saturated rings. The number of aliphatic hydroxyl groups is 1. The summed E-state index contributed by atoms with van der Waals surface area (Å²) in [6, 6.07) is 1.51. The number of hydrogen-bond donors (Lipinski definition) is 2. The van der Waals surface area contributed by atoms with Gasteiger partial charge in [-0.05, 0) is 18.6 Å². The van der Waals surface area contributed by atoms with E-state index in [1.807, 2.05) is 0 Å². The standard InChI is InChI=1S/C11H10F2O3/c12-9-5-7(11(15)16)6-10(13)8(9)3-1-2-4-14/h1,3,5-6,14H,2,4H2,(H,15,16). The maximum Gasteiger partial charge on any atom is 0.335 e. The molecule has 0 unspecified atom stereocenters. The third-order valence-electron chi connectivity index (χ3n) is 1.91. The number of carbonyl (C=O) groups is 1. The fourth-order valence-corrected chi connectivity index (χ4v) is 1.14. The van der Waals surface area contributed by atoms with Gasteiger partial charge in [0, 0.05) is 12.2 Å². The van der Waals surface area contributed by atoms with E-state index in [2.05, 4.69) is 0 Å². The van der Waals surface area contributed by atoms with Crippen molar-refractivity contribution in [2.45, 2.75) is 6.42 Å². The Morgan fingerprint density at radius 3 is 2.31 bits per heavy atom. The van der Waals surface area contributed by atoms with Gasteiger partial charge in [-0.1, -0.05) is 12.2 Å². The van der Waals surface area contributed by atoms with Crippen LogP contribution in [0.5, 0.6) is 0 Å². The first kappa shape index (κ1) is 12.3. The van der Waals surface area contributed by atoms with Crippen LogP contribution in [0.4, 0.5) is 8.78 Å². The summed E-state index contributed by atoms with van der Waals surface area (Å²) in [6.07, 6.45) is 2.86. The van der Waals surface area contributed by atoms with Crippen LogP contribution in [0.2, 0.25) is 0 Å². The van der Waals surface area contributed by atoms with Gasteiger partial charge in [0.05, 0.1) is 5.56 Å². The van der Waals surface area contributed by atoms with E-state index < -0.39 is 23.2 Å². The Kier molecular flexibility index (Phi) is 4.13. The van der Waals surface area contributed by atoms with Crippen LogP contribution < -0.4 is 0 Å². The summed E-state index contributed by atoms with van der Waals surface area (Å²) >= 11 is 0. The largest absolute Gasteiger partial charge is 0.478 e. The Morgan fingerprint density at radius 1 is 1.31 bits per heavy atom. The molecule has 0 bridgehead atoms. The zero-order valence-electron chi connectivity index (χ0n) is 8.28. The minimum Gasteiger partial charge on any atom is -0.478 e. The van der Waals surface area contributed by atoms with E-state index >= 15 is 0 Å². The molecule has 0 aliphatic heterocycles. The highest BCUT2D eigenvalue weighted by atomic mass is 19.1. The number of aromatic carboxylic acids is 1. The van der Waals surface area contributed by atoms with Gasteiger partial charge in [0.15, 0.2) is 0 Å². The Hall–Kier alpha value is -1.75. The van der Waals surface area contributed by atoms with Crippen LogP contribution in [0.25, 0.3) is 6.08 Å². The molecule has 0 aliphatic carbocycles. The molecule has 1 aromatic carbocycles. The zero-order valence-corrected chi connectivity index (χ0v) is 8.28. The zero-order chi connectivity index (χ0) is 12.1. The molecule has 0 spiro atoms. The number of aliphatic hydroxyl groups excluding tert-OH is 1. The minimum absolute atomic E-state index is 0.118. The van der Waals surface area contributed by atoms with Gasteiger partial charge < -0.3 is 10.2 Å². The van der Waals surface area contributed by atoms with Crippen LogP contribution in [0.15, 0.2) is 18.2 Å². The molecule has 0 atom stereocenters. The van der Waals surface area contributed by atoms with Gasteiger partial charge in [-0.2, -0.15) is 0 Å². The summed E-state index contributed by atoms with van der Waals surface area (Å²) in [5, 5.41) is 17.0. The number of carboxylic acid groups (broad SMARTS) is 1. The van der Waals surface area contributed by atoms with Gasteiger partial charge in [0.2, 0.25) is 0 Å². The molecule has 0 amide bonds. The van der Waals surface area contributed by atoms with Gasteiger partial charge >= 0.3 is 5.97 Å². The van der Waals surface area contributed by atoms with Crippen molar-refractivity contribution in [1.29, 1.82) is 0 Å². The lowest BCUT2D eigenvalue weighted by molar-refractivity contribution is 0.0695. The van der Waals surface area contributed by atoms with Crippen molar-refractivity contribution in [2.24, 2.45) is 0 Å². The third kappa shape index (κ3) is 2.87. The lowest BCUT2D eigenvalue weighted by atomic mass is 10.1. The second kappa shape index (κ2) is 5.37. The molecule has 86 valence electrons. The monoisotopic (exact) mass is 228 g/mol. The summed E-state index contributed by atoms with van der Waals surface area (Å²) in [7, 11) is 0. The van der Waals surface area contributed by atoms with Gasteiger partial charge in [-0.25, -0.2) is 13.6 Å². The number of benzene rings is 1. The summed E-state index contributed by atoms with van der Waals surface area (Å²) < 4.78 is 26.6. The number of rotatable bonds is 4. The van der Waals surface area contributed by atoms with Gasteiger partial charge in [-0.15, -0.1) is 0 Å². The number of halogens is 2. The Balaban J connectivity index is 3.07. The highest BCUT2D eigenvalue weighted by Gasteiger charge is 2.12. The van der Waals surface area contributed by atoms with E-state index in [0.717, 1.165) is 12.1 Å². The predicted octanol–water partition coefficient (Wildman–Crippen LogP) is 2.06. The summed E-state index contributed by atoms with van der Waals surface area (Å²) in [5.41, 5.74) is -0.743. The van der Waals surface area contributed by atoms with E-state index in [1.54, 1.807) is 0 Å². The molecule has 0 radical (unpaired) electrons. The second-order valence-electron chi connectivity index (χ2n) is 3.07. The van der Waals surface area contributed by atoms with Crippen molar-refractivity contribution in [1.82, 2.24) is 0 Å². The molecule has 0 aliphatic rings. The molecule has 1 aromatic rings. The summed E-state index contributed by atoms with van der Waals surface area (Å²) in [4.78, 5) is 10.5. The van der Waals surface area contributed by atoms with Crippen LogP contribution in [-0.4, -0.2) is 22.8 Å². The van der Waals surface area contributed by atoms with Crippen LogP contribution in [0.3, 0.4) is 0 Å². The predicted molar refractivity (Wildman–Crippen MR) is 54.1 cm³/mol. The molecule has 0 saturated carbocycles. The Bertz CT molecular complexity index is 404. The second-order valence-corrected chi connectivity index (χ2v) is 3.07. The first-order chi connectivity index (χ1) is 7.56. The van der Waals surface area contributed by atoms with Crippen molar-refractivity contribution in [3.8, 4) is 0 Å². The van der Waals surface area contributed by atoms with Crippen LogP contribution >= 0.6 is 0 Å². The van der Waals surface area contributed by atoms with Crippen molar-refractivity contribution < 1.29 is 23.8 Å². The Labute approximate surface area is 90.6 Å². The normalized spacial score (nSPS) is 10.9. The van der Waals surface area contributed by atoms with Crippen molar-refractivity contribution >= 4 is 12.0 Å². The fraction of sp³-hybridized carbons (Fsp3) is 0.182. The van der Waals surface area contributed by atoms with Crippen molar-refractivity contribution in [3.63, 3.8) is 0 Å². The van der Waals surface area contributed by atoms with Crippen LogP contribution in [0.1, 0.15) is 22.3 Å². The molecular formula is C11H10F2O3. The van der Waals surface area contributed by atoms with Crippen LogP contribution in [-0.2, 0) is 0 Å². The number of carboxylic acids is 1. The molecule has 5 heteroatoms.